The molecule has 25 heavy (non-hydrogen) atoms. The molecule has 2 aromatic rings. The third kappa shape index (κ3) is 6.58. The first-order valence-electron chi connectivity index (χ1n) is 8.11. The first-order valence-corrected chi connectivity index (χ1v) is 8.48. The fourth-order valence-electron chi connectivity index (χ4n) is 2.11. The molecule has 0 aliphatic rings. The lowest BCUT2D eigenvalue weighted by Crippen LogP contribution is -2.27. The molecule has 0 unspecified atom stereocenters. The molecule has 1 N–H and O–H groups in total. The summed E-state index contributed by atoms with van der Waals surface area (Å²) in [6.07, 6.45) is 2.25. The fraction of sp³-hybridized carbons (Fsp3) is 0.389. The summed E-state index contributed by atoms with van der Waals surface area (Å²) < 4.78 is 10.6. The lowest BCUT2D eigenvalue weighted by Gasteiger charge is -2.08. The number of esters is 1. The van der Waals surface area contributed by atoms with E-state index in [-0.39, 0.29) is 37.4 Å². The van der Waals surface area contributed by atoms with Crippen molar-refractivity contribution in [2.24, 2.45) is 0 Å². The van der Waals surface area contributed by atoms with Gasteiger partial charge in [0.25, 0.3) is 0 Å². The van der Waals surface area contributed by atoms with Crippen LogP contribution in [0.5, 0.6) is 0 Å². The average Bonchev–Trinajstić information content (AvgIpc) is 3.02. The maximum absolute atomic E-state index is 11.8. The molecule has 1 heterocycles. The van der Waals surface area contributed by atoms with Crippen LogP contribution in [0.3, 0.4) is 0 Å². The SMILES string of the molecule is CC(C)OC(=O)CCNC(=O)CCc1ncc(-c2ccc(Cl)cc2)o1. The minimum absolute atomic E-state index is 0.150. The maximum Gasteiger partial charge on any atom is 0.307 e. The van der Waals surface area contributed by atoms with Gasteiger partial charge >= 0.3 is 5.97 Å². The van der Waals surface area contributed by atoms with Crippen LogP contribution in [0, 0.1) is 0 Å². The van der Waals surface area contributed by atoms with Gasteiger partial charge in [-0.25, -0.2) is 4.98 Å². The molecule has 0 spiro atoms. The van der Waals surface area contributed by atoms with Gasteiger partial charge < -0.3 is 14.5 Å². The predicted molar refractivity (Wildman–Crippen MR) is 94.1 cm³/mol. The van der Waals surface area contributed by atoms with Crippen molar-refractivity contribution in [3.8, 4) is 11.3 Å². The molecule has 0 aliphatic heterocycles. The van der Waals surface area contributed by atoms with Crippen molar-refractivity contribution in [1.82, 2.24) is 10.3 Å². The zero-order valence-electron chi connectivity index (χ0n) is 14.3. The Labute approximate surface area is 151 Å². The minimum Gasteiger partial charge on any atom is -0.463 e. The van der Waals surface area contributed by atoms with Gasteiger partial charge in [0.1, 0.15) is 0 Å². The van der Waals surface area contributed by atoms with Crippen molar-refractivity contribution >= 4 is 23.5 Å². The van der Waals surface area contributed by atoms with Crippen LogP contribution >= 0.6 is 11.6 Å². The molecule has 1 aromatic heterocycles. The van der Waals surface area contributed by atoms with Crippen LogP contribution in [0.25, 0.3) is 11.3 Å². The first-order chi connectivity index (χ1) is 11.9. The minimum atomic E-state index is -0.324. The number of rotatable bonds is 8. The summed E-state index contributed by atoms with van der Waals surface area (Å²) in [6.45, 7) is 3.82. The third-order valence-electron chi connectivity index (χ3n) is 3.27. The summed E-state index contributed by atoms with van der Waals surface area (Å²) >= 11 is 5.86. The summed E-state index contributed by atoms with van der Waals surface area (Å²) in [5.41, 5.74) is 0.872. The third-order valence-corrected chi connectivity index (χ3v) is 3.52. The Morgan fingerprint density at radius 2 is 1.96 bits per heavy atom. The van der Waals surface area contributed by atoms with Crippen molar-refractivity contribution in [1.29, 1.82) is 0 Å². The van der Waals surface area contributed by atoms with Crippen molar-refractivity contribution < 1.29 is 18.7 Å². The van der Waals surface area contributed by atoms with E-state index in [0.29, 0.717) is 23.1 Å². The summed E-state index contributed by atoms with van der Waals surface area (Å²) in [5, 5.41) is 3.33. The van der Waals surface area contributed by atoms with Crippen LogP contribution in [0.4, 0.5) is 0 Å². The van der Waals surface area contributed by atoms with E-state index in [1.54, 1.807) is 32.2 Å². The Bertz CT molecular complexity index is 710. The Morgan fingerprint density at radius 3 is 2.64 bits per heavy atom. The van der Waals surface area contributed by atoms with Crippen molar-refractivity contribution in [2.45, 2.75) is 39.2 Å². The highest BCUT2D eigenvalue weighted by atomic mass is 35.5. The van der Waals surface area contributed by atoms with Crippen LogP contribution < -0.4 is 5.32 Å². The van der Waals surface area contributed by atoms with Gasteiger partial charge in [-0.05, 0) is 38.1 Å². The monoisotopic (exact) mass is 364 g/mol. The Morgan fingerprint density at radius 1 is 1.24 bits per heavy atom. The van der Waals surface area contributed by atoms with E-state index in [2.05, 4.69) is 10.3 Å². The largest absolute Gasteiger partial charge is 0.463 e. The van der Waals surface area contributed by atoms with E-state index < -0.39 is 0 Å². The molecule has 1 amide bonds. The topological polar surface area (TPSA) is 81.4 Å². The van der Waals surface area contributed by atoms with Crippen molar-refractivity contribution in [2.75, 3.05) is 6.54 Å². The molecule has 0 aliphatic carbocycles. The molecule has 0 bridgehead atoms. The first kappa shape index (κ1) is 19.0. The second kappa shape index (κ2) is 9.22. The number of hydrogen-bond acceptors (Lipinski definition) is 5. The number of halogens is 1. The summed E-state index contributed by atoms with van der Waals surface area (Å²) in [4.78, 5) is 27.3. The van der Waals surface area contributed by atoms with E-state index in [9.17, 15) is 9.59 Å². The van der Waals surface area contributed by atoms with Crippen molar-refractivity contribution in [3.63, 3.8) is 0 Å². The molecule has 0 saturated carbocycles. The van der Waals surface area contributed by atoms with Gasteiger partial charge in [-0.1, -0.05) is 11.6 Å². The zero-order valence-corrected chi connectivity index (χ0v) is 15.0. The highest BCUT2D eigenvalue weighted by molar-refractivity contribution is 6.30. The normalized spacial score (nSPS) is 10.7. The number of carbonyl (C=O) groups excluding carboxylic acids is 2. The number of benzene rings is 1. The quantitative estimate of drug-likeness (QED) is 0.726. The van der Waals surface area contributed by atoms with Crippen LogP contribution in [0.15, 0.2) is 34.9 Å². The zero-order chi connectivity index (χ0) is 18.2. The maximum atomic E-state index is 11.8. The number of ether oxygens (including phenoxy) is 1. The van der Waals surface area contributed by atoms with E-state index in [1.807, 2.05) is 12.1 Å². The molecule has 0 atom stereocenters. The van der Waals surface area contributed by atoms with Gasteiger partial charge in [0.2, 0.25) is 5.91 Å². The lowest BCUT2D eigenvalue weighted by atomic mass is 10.2. The molecule has 7 heteroatoms. The number of carbonyl (C=O) groups is 2. The van der Waals surface area contributed by atoms with Gasteiger partial charge in [0.05, 0.1) is 18.7 Å². The summed E-state index contributed by atoms with van der Waals surface area (Å²) in [6, 6.07) is 7.23. The van der Waals surface area contributed by atoms with Crippen LogP contribution in [0.1, 0.15) is 32.6 Å². The molecular formula is C18H21ClN2O4. The smallest absolute Gasteiger partial charge is 0.307 e. The molecule has 0 radical (unpaired) electrons. The Kier molecular flexibility index (Phi) is 7.01. The highest BCUT2D eigenvalue weighted by Crippen LogP contribution is 2.22. The number of aryl methyl sites for hydroxylation is 1. The number of oxazole rings is 1. The number of aromatic nitrogens is 1. The van der Waals surface area contributed by atoms with Gasteiger partial charge in [0, 0.05) is 30.0 Å². The number of amides is 1. The number of nitrogens with one attached hydrogen (secondary N) is 1. The van der Waals surface area contributed by atoms with E-state index in [1.165, 1.54) is 0 Å². The van der Waals surface area contributed by atoms with Gasteiger partial charge in [-0.3, -0.25) is 9.59 Å². The van der Waals surface area contributed by atoms with E-state index in [4.69, 9.17) is 20.8 Å². The molecule has 2 rings (SSSR count). The summed E-state index contributed by atoms with van der Waals surface area (Å²) in [7, 11) is 0. The second-order valence-electron chi connectivity index (χ2n) is 5.76. The molecule has 0 fully saturated rings. The van der Waals surface area contributed by atoms with Gasteiger partial charge in [0.15, 0.2) is 11.7 Å². The highest BCUT2D eigenvalue weighted by Gasteiger charge is 2.10. The summed E-state index contributed by atoms with van der Waals surface area (Å²) in [5.74, 6) is 0.627. The Hall–Kier alpha value is -2.34. The van der Waals surface area contributed by atoms with E-state index in [0.717, 1.165) is 5.56 Å². The molecule has 134 valence electrons. The predicted octanol–water partition coefficient (Wildman–Crippen LogP) is 3.39. The standard InChI is InChI=1S/C18H21ClN2O4/c1-12(2)24-18(23)9-10-20-16(22)7-8-17-21-11-15(25-17)13-3-5-14(19)6-4-13/h3-6,11-12H,7-10H2,1-2H3,(H,20,22). The second-order valence-corrected chi connectivity index (χ2v) is 6.20. The van der Waals surface area contributed by atoms with Gasteiger partial charge in [-0.15, -0.1) is 0 Å². The van der Waals surface area contributed by atoms with Crippen LogP contribution in [0.2, 0.25) is 5.02 Å². The van der Waals surface area contributed by atoms with Crippen LogP contribution in [-0.4, -0.2) is 29.5 Å². The average molecular weight is 365 g/mol. The van der Waals surface area contributed by atoms with E-state index >= 15 is 0 Å². The lowest BCUT2D eigenvalue weighted by molar-refractivity contribution is -0.147. The van der Waals surface area contributed by atoms with Gasteiger partial charge in [-0.2, -0.15) is 0 Å². The van der Waals surface area contributed by atoms with Crippen LogP contribution in [-0.2, 0) is 20.7 Å². The molecule has 0 saturated heterocycles. The molecular weight excluding hydrogens is 344 g/mol. The van der Waals surface area contributed by atoms with Crippen molar-refractivity contribution in [3.05, 3.63) is 41.4 Å². The number of hydrogen-bond donors (Lipinski definition) is 1. The fourth-order valence-corrected chi connectivity index (χ4v) is 2.23. The Balaban J connectivity index is 1.73. The number of nitrogens with zero attached hydrogens (tertiary/aromatic N) is 1. The molecule has 6 nitrogen and oxygen atoms in total. The molecule has 1 aromatic carbocycles.